The molecule has 0 unspecified atom stereocenters. The van der Waals surface area contributed by atoms with Crippen molar-refractivity contribution in [3.63, 3.8) is 0 Å². The maximum Gasteiger partial charge on any atom is 0.337 e. The van der Waals surface area contributed by atoms with Crippen molar-refractivity contribution in [3.05, 3.63) is 18.2 Å². The van der Waals surface area contributed by atoms with E-state index in [1.165, 1.54) is 14.2 Å². The van der Waals surface area contributed by atoms with Crippen molar-refractivity contribution in [2.75, 3.05) is 34.0 Å². The molecule has 0 spiro atoms. The average molecular weight is 326 g/mol. The highest BCUT2D eigenvalue weighted by Gasteiger charge is 2.16. The van der Waals surface area contributed by atoms with Gasteiger partial charge in [-0.15, -0.1) is 0 Å². The molecular formula is C16H22O7. The van der Waals surface area contributed by atoms with E-state index in [4.69, 9.17) is 23.7 Å². The number of hydrogen-bond donors (Lipinski definition) is 0. The molecular weight excluding hydrogens is 304 g/mol. The van der Waals surface area contributed by atoms with Crippen molar-refractivity contribution in [3.8, 4) is 17.2 Å². The van der Waals surface area contributed by atoms with Crippen LogP contribution in [0.15, 0.2) is 18.2 Å². The average Bonchev–Trinajstić information content (AvgIpc) is 2.55. The van der Waals surface area contributed by atoms with Crippen LogP contribution in [0, 0.1) is 0 Å². The Bertz CT molecular complexity index is 491. The Balaban J connectivity index is 2.44. The Morgan fingerprint density at radius 2 is 1.61 bits per heavy atom. The molecule has 0 aliphatic rings. The number of methoxy groups -OCH3 is 2. The van der Waals surface area contributed by atoms with Gasteiger partial charge in [0.15, 0.2) is 11.5 Å². The van der Waals surface area contributed by atoms with Crippen molar-refractivity contribution in [2.24, 2.45) is 0 Å². The predicted molar refractivity (Wildman–Crippen MR) is 81.9 cm³/mol. The number of esters is 2. The van der Waals surface area contributed by atoms with Gasteiger partial charge < -0.3 is 23.7 Å². The molecule has 0 bridgehead atoms. The number of hydrogen-bond acceptors (Lipinski definition) is 7. The molecule has 7 nitrogen and oxygen atoms in total. The van der Waals surface area contributed by atoms with Crippen molar-refractivity contribution < 1.29 is 33.3 Å². The van der Waals surface area contributed by atoms with Crippen LogP contribution >= 0.6 is 0 Å². The summed E-state index contributed by atoms with van der Waals surface area (Å²) in [5, 5.41) is 0. The highest BCUT2D eigenvalue weighted by molar-refractivity contribution is 5.76. The second-order valence-electron chi connectivity index (χ2n) is 4.53. The molecule has 0 aliphatic heterocycles. The van der Waals surface area contributed by atoms with Gasteiger partial charge in [-0.1, -0.05) is 19.4 Å². The highest BCUT2D eigenvalue weighted by atomic mass is 16.6. The standard InChI is InChI=1S/C16H22O7/c1-4-5-9-22-14(17)10-21-11-15(18)23-16-12(19-2)7-6-8-13(16)20-3/h6-8H,4-5,9-11H2,1-3H3. The Kier molecular flexibility index (Phi) is 8.52. The Labute approximate surface area is 135 Å². The van der Waals surface area contributed by atoms with E-state index in [2.05, 4.69) is 0 Å². The lowest BCUT2D eigenvalue weighted by Gasteiger charge is -2.12. The fourth-order valence-electron chi connectivity index (χ4n) is 1.65. The summed E-state index contributed by atoms with van der Waals surface area (Å²) >= 11 is 0. The van der Waals surface area contributed by atoms with Crippen LogP contribution in [-0.2, 0) is 19.1 Å². The molecule has 0 amide bonds. The summed E-state index contributed by atoms with van der Waals surface area (Å²) in [5.74, 6) is -0.305. The number of carbonyl (C=O) groups excluding carboxylic acids is 2. The first kappa shape index (κ1) is 18.8. The molecule has 7 heteroatoms. The van der Waals surface area contributed by atoms with Gasteiger partial charge in [-0.25, -0.2) is 9.59 Å². The molecule has 128 valence electrons. The van der Waals surface area contributed by atoms with Crippen molar-refractivity contribution in [1.29, 1.82) is 0 Å². The number of rotatable bonds is 10. The van der Waals surface area contributed by atoms with Crippen LogP contribution in [0.5, 0.6) is 17.2 Å². The molecule has 0 aliphatic carbocycles. The van der Waals surface area contributed by atoms with E-state index in [0.29, 0.717) is 18.1 Å². The number of unbranched alkanes of at least 4 members (excludes halogenated alkanes) is 1. The second kappa shape index (κ2) is 10.4. The number of para-hydroxylation sites is 1. The Hall–Kier alpha value is -2.28. The Morgan fingerprint density at radius 1 is 1.00 bits per heavy atom. The molecule has 1 aromatic carbocycles. The minimum atomic E-state index is -0.672. The molecule has 0 heterocycles. The fourth-order valence-corrected chi connectivity index (χ4v) is 1.65. The lowest BCUT2D eigenvalue weighted by atomic mass is 10.3. The Morgan fingerprint density at radius 3 is 2.17 bits per heavy atom. The van der Waals surface area contributed by atoms with Gasteiger partial charge in [0.25, 0.3) is 0 Å². The zero-order chi connectivity index (χ0) is 17.1. The quantitative estimate of drug-likeness (QED) is 0.369. The molecule has 0 radical (unpaired) electrons. The van der Waals surface area contributed by atoms with Crippen molar-refractivity contribution >= 4 is 11.9 Å². The van der Waals surface area contributed by atoms with Crippen molar-refractivity contribution in [1.82, 2.24) is 0 Å². The number of benzene rings is 1. The summed E-state index contributed by atoms with van der Waals surface area (Å²) in [6.45, 7) is 1.65. The van der Waals surface area contributed by atoms with Crippen LogP contribution in [0.25, 0.3) is 0 Å². The van der Waals surface area contributed by atoms with E-state index in [9.17, 15) is 9.59 Å². The lowest BCUT2D eigenvalue weighted by Crippen LogP contribution is -2.20. The first-order valence-corrected chi connectivity index (χ1v) is 7.27. The summed E-state index contributed by atoms with van der Waals surface area (Å²) < 4.78 is 25.3. The molecule has 0 aromatic heterocycles. The molecule has 0 N–H and O–H groups in total. The fraction of sp³-hybridized carbons (Fsp3) is 0.500. The minimum Gasteiger partial charge on any atom is -0.493 e. The summed E-state index contributed by atoms with van der Waals surface area (Å²) in [7, 11) is 2.91. The summed E-state index contributed by atoms with van der Waals surface area (Å²) in [4.78, 5) is 23.1. The first-order valence-electron chi connectivity index (χ1n) is 7.27. The van der Waals surface area contributed by atoms with Crippen LogP contribution in [0.1, 0.15) is 19.8 Å². The van der Waals surface area contributed by atoms with Gasteiger partial charge in [0.05, 0.1) is 20.8 Å². The van der Waals surface area contributed by atoms with Crippen LogP contribution in [0.2, 0.25) is 0 Å². The third kappa shape index (κ3) is 6.56. The van der Waals surface area contributed by atoms with E-state index >= 15 is 0 Å². The van der Waals surface area contributed by atoms with Crippen LogP contribution in [0.4, 0.5) is 0 Å². The second-order valence-corrected chi connectivity index (χ2v) is 4.53. The van der Waals surface area contributed by atoms with Gasteiger partial charge in [-0.2, -0.15) is 0 Å². The largest absolute Gasteiger partial charge is 0.493 e. The van der Waals surface area contributed by atoms with E-state index in [1.807, 2.05) is 6.92 Å². The minimum absolute atomic E-state index is 0.164. The van der Waals surface area contributed by atoms with Gasteiger partial charge in [-0.3, -0.25) is 0 Å². The van der Waals surface area contributed by atoms with Crippen LogP contribution < -0.4 is 14.2 Å². The monoisotopic (exact) mass is 326 g/mol. The molecule has 1 aromatic rings. The first-order chi connectivity index (χ1) is 11.1. The predicted octanol–water partition coefficient (Wildman–Crippen LogP) is 1.97. The normalized spacial score (nSPS) is 10.0. The maximum atomic E-state index is 11.8. The maximum absolute atomic E-state index is 11.8. The van der Waals surface area contributed by atoms with Gasteiger partial charge in [0.2, 0.25) is 5.75 Å². The van der Waals surface area contributed by atoms with Crippen LogP contribution in [0.3, 0.4) is 0 Å². The summed E-state index contributed by atoms with van der Waals surface area (Å²) in [6.07, 6.45) is 1.72. The molecule has 23 heavy (non-hydrogen) atoms. The molecule has 0 atom stereocenters. The lowest BCUT2D eigenvalue weighted by molar-refractivity contribution is -0.152. The van der Waals surface area contributed by atoms with Gasteiger partial charge >= 0.3 is 11.9 Å². The van der Waals surface area contributed by atoms with E-state index < -0.39 is 11.9 Å². The topological polar surface area (TPSA) is 80.3 Å². The SMILES string of the molecule is CCCCOC(=O)COCC(=O)Oc1c(OC)cccc1OC. The molecule has 0 saturated heterocycles. The van der Waals surface area contributed by atoms with E-state index in [0.717, 1.165) is 12.8 Å². The van der Waals surface area contributed by atoms with Crippen LogP contribution in [-0.4, -0.2) is 46.0 Å². The zero-order valence-electron chi connectivity index (χ0n) is 13.6. The molecule has 1 rings (SSSR count). The number of ether oxygens (including phenoxy) is 5. The molecule has 0 saturated carbocycles. The van der Waals surface area contributed by atoms with Crippen molar-refractivity contribution in [2.45, 2.75) is 19.8 Å². The smallest absolute Gasteiger partial charge is 0.337 e. The number of carbonyl (C=O) groups is 2. The summed E-state index contributed by atoms with van der Waals surface area (Å²) in [5.41, 5.74) is 0. The summed E-state index contributed by atoms with van der Waals surface area (Å²) in [6, 6.07) is 4.98. The highest BCUT2D eigenvalue weighted by Crippen LogP contribution is 2.36. The third-order valence-electron chi connectivity index (χ3n) is 2.80. The van der Waals surface area contributed by atoms with Gasteiger partial charge in [0.1, 0.15) is 13.2 Å². The van der Waals surface area contributed by atoms with Gasteiger partial charge in [-0.05, 0) is 18.6 Å². The third-order valence-corrected chi connectivity index (χ3v) is 2.80. The zero-order valence-corrected chi connectivity index (χ0v) is 13.6. The van der Waals surface area contributed by atoms with Gasteiger partial charge in [0, 0.05) is 0 Å². The van der Waals surface area contributed by atoms with E-state index in [-0.39, 0.29) is 19.0 Å². The molecule has 0 fully saturated rings. The van der Waals surface area contributed by atoms with E-state index in [1.54, 1.807) is 18.2 Å².